The fourth-order valence-corrected chi connectivity index (χ4v) is 2.05. The fourth-order valence-electron chi connectivity index (χ4n) is 2.05. The Labute approximate surface area is 104 Å². The quantitative estimate of drug-likeness (QED) is 0.623. The molecule has 0 aliphatic carbocycles. The lowest BCUT2D eigenvalue weighted by Gasteiger charge is -2.29. The standard InChI is InChI=1S/C14H23N3/c1-10-8-11(13(15)16)6-7-12(10)17(5)9-14(2,3)4/h6-8H,9H2,1-5H3,(H3,15,16). The smallest absolute Gasteiger partial charge is 0.122 e. The molecule has 94 valence electrons. The average molecular weight is 233 g/mol. The minimum absolute atomic E-state index is 0.123. The van der Waals surface area contributed by atoms with Gasteiger partial charge in [0, 0.05) is 24.8 Å². The van der Waals surface area contributed by atoms with Crippen molar-refractivity contribution in [2.45, 2.75) is 27.7 Å². The van der Waals surface area contributed by atoms with Gasteiger partial charge in [0.15, 0.2) is 0 Å². The Hall–Kier alpha value is -1.51. The van der Waals surface area contributed by atoms with Crippen molar-refractivity contribution < 1.29 is 0 Å². The lowest BCUT2D eigenvalue weighted by molar-refractivity contribution is 0.419. The molecule has 0 saturated heterocycles. The SMILES string of the molecule is Cc1cc(C(=N)N)ccc1N(C)CC(C)(C)C. The summed E-state index contributed by atoms with van der Waals surface area (Å²) in [4.78, 5) is 2.25. The highest BCUT2D eigenvalue weighted by Crippen LogP contribution is 2.24. The second-order valence-corrected chi connectivity index (χ2v) is 5.83. The zero-order valence-electron chi connectivity index (χ0n) is 11.5. The number of nitrogens with two attached hydrogens (primary N) is 1. The molecule has 0 saturated carbocycles. The van der Waals surface area contributed by atoms with Gasteiger partial charge in [0.2, 0.25) is 0 Å². The van der Waals surface area contributed by atoms with Crippen molar-refractivity contribution in [3.63, 3.8) is 0 Å². The van der Waals surface area contributed by atoms with Gasteiger partial charge in [0.05, 0.1) is 0 Å². The minimum Gasteiger partial charge on any atom is -0.384 e. The highest BCUT2D eigenvalue weighted by Gasteiger charge is 2.15. The highest BCUT2D eigenvalue weighted by atomic mass is 15.1. The summed E-state index contributed by atoms with van der Waals surface area (Å²) in [6.07, 6.45) is 0. The predicted molar refractivity (Wildman–Crippen MR) is 74.9 cm³/mol. The van der Waals surface area contributed by atoms with E-state index in [0.29, 0.717) is 0 Å². The molecule has 0 bridgehead atoms. The summed E-state index contributed by atoms with van der Waals surface area (Å²) in [5, 5.41) is 7.42. The fraction of sp³-hybridized carbons (Fsp3) is 0.500. The van der Waals surface area contributed by atoms with Gasteiger partial charge < -0.3 is 10.6 Å². The molecule has 0 atom stereocenters. The first-order chi connectivity index (χ1) is 7.70. The van der Waals surface area contributed by atoms with Crippen LogP contribution >= 0.6 is 0 Å². The topological polar surface area (TPSA) is 53.1 Å². The van der Waals surface area contributed by atoms with Crippen molar-refractivity contribution in [3.05, 3.63) is 29.3 Å². The summed E-state index contributed by atoms with van der Waals surface area (Å²) in [7, 11) is 2.10. The molecule has 0 heterocycles. The summed E-state index contributed by atoms with van der Waals surface area (Å²) in [5.74, 6) is 0.123. The third-order valence-corrected chi connectivity index (χ3v) is 2.63. The van der Waals surface area contributed by atoms with Crippen molar-refractivity contribution in [2.75, 3.05) is 18.5 Å². The molecular formula is C14H23N3. The number of aryl methyl sites for hydroxylation is 1. The molecule has 0 spiro atoms. The largest absolute Gasteiger partial charge is 0.384 e. The zero-order valence-corrected chi connectivity index (χ0v) is 11.5. The lowest BCUT2D eigenvalue weighted by Crippen LogP contribution is -2.29. The third kappa shape index (κ3) is 3.77. The molecule has 3 N–H and O–H groups in total. The molecule has 1 aromatic carbocycles. The Bertz CT molecular complexity index is 416. The van der Waals surface area contributed by atoms with E-state index in [0.717, 1.165) is 17.7 Å². The summed E-state index contributed by atoms with van der Waals surface area (Å²) in [6.45, 7) is 9.72. The monoisotopic (exact) mass is 233 g/mol. The summed E-state index contributed by atoms with van der Waals surface area (Å²) in [6, 6.07) is 5.92. The van der Waals surface area contributed by atoms with E-state index < -0.39 is 0 Å². The van der Waals surface area contributed by atoms with Gasteiger partial charge in [-0.05, 0) is 36.1 Å². The second kappa shape index (κ2) is 4.78. The van der Waals surface area contributed by atoms with Crippen LogP contribution in [0.5, 0.6) is 0 Å². The summed E-state index contributed by atoms with van der Waals surface area (Å²) >= 11 is 0. The lowest BCUT2D eigenvalue weighted by atomic mass is 9.95. The van der Waals surface area contributed by atoms with Crippen LogP contribution in [0.4, 0.5) is 5.69 Å². The van der Waals surface area contributed by atoms with E-state index in [2.05, 4.69) is 39.6 Å². The van der Waals surface area contributed by atoms with Gasteiger partial charge in [-0.1, -0.05) is 20.8 Å². The van der Waals surface area contributed by atoms with Crippen LogP contribution in [0.15, 0.2) is 18.2 Å². The maximum Gasteiger partial charge on any atom is 0.122 e. The minimum atomic E-state index is 0.123. The number of amidine groups is 1. The number of rotatable bonds is 3. The van der Waals surface area contributed by atoms with Crippen LogP contribution in [0.2, 0.25) is 0 Å². The normalized spacial score (nSPS) is 11.4. The molecule has 17 heavy (non-hydrogen) atoms. The molecule has 1 rings (SSSR count). The van der Waals surface area contributed by atoms with Gasteiger partial charge in [-0.25, -0.2) is 0 Å². The van der Waals surface area contributed by atoms with E-state index in [1.54, 1.807) is 0 Å². The predicted octanol–water partition coefficient (Wildman–Crippen LogP) is 2.76. The van der Waals surface area contributed by atoms with E-state index >= 15 is 0 Å². The van der Waals surface area contributed by atoms with Crippen LogP contribution < -0.4 is 10.6 Å². The van der Waals surface area contributed by atoms with Crippen LogP contribution in [0, 0.1) is 17.7 Å². The molecule has 3 heteroatoms. The Morgan fingerprint density at radius 3 is 2.35 bits per heavy atom. The van der Waals surface area contributed by atoms with Crippen molar-refractivity contribution in [1.82, 2.24) is 0 Å². The van der Waals surface area contributed by atoms with E-state index in [1.807, 2.05) is 18.2 Å². The van der Waals surface area contributed by atoms with Gasteiger partial charge in [-0.15, -0.1) is 0 Å². The third-order valence-electron chi connectivity index (χ3n) is 2.63. The van der Waals surface area contributed by atoms with Crippen molar-refractivity contribution in [3.8, 4) is 0 Å². The maximum atomic E-state index is 7.42. The van der Waals surface area contributed by atoms with E-state index in [4.69, 9.17) is 11.1 Å². The molecule has 3 nitrogen and oxygen atoms in total. The molecule has 1 aromatic rings. The van der Waals surface area contributed by atoms with E-state index in [9.17, 15) is 0 Å². The number of hydrogen-bond donors (Lipinski definition) is 2. The van der Waals surface area contributed by atoms with Crippen molar-refractivity contribution in [2.24, 2.45) is 11.1 Å². The van der Waals surface area contributed by atoms with Gasteiger partial charge >= 0.3 is 0 Å². The number of anilines is 1. The van der Waals surface area contributed by atoms with Crippen LogP contribution in [-0.4, -0.2) is 19.4 Å². The number of nitrogens with one attached hydrogen (secondary N) is 1. The van der Waals surface area contributed by atoms with Crippen molar-refractivity contribution in [1.29, 1.82) is 5.41 Å². The Morgan fingerprint density at radius 1 is 1.35 bits per heavy atom. The highest BCUT2D eigenvalue weighted by molar-refractivity contribution is 5.95. The number of nitrogen functional groups attached to an aromatic ring is 1. The average Bonchev–Trinajstić information content (AvgIpc) is 2.14. The zero-order chi connectivity index (χ0) is 13.2. The molecular weight excluding hydrogens is 210 g/mol. The molecule has 0 radical (unpaired) electrons. The Morgan fingerprint density at radius 2 is 1.94 bits per heavy atom. The molecule has 0 aliphatic rings. The number of nitrogens with zero attached hydrogens (tertiary/aromatic N) is 1. The first-order valence-electron chi connectivity index (χ1n) is 5.87. The van der Waals surface area contributed by atoms with Crippen molar-refractivity contribution >= 4 is 11.5 Å². The second-order valence-electron chi connectivity index (χ2n) is 5.83. The van der Waals surface area contributed by atoms with Crippen LogP contribution in [0.3, 0.4) is 0 Å². The van der Waals surface area contributed by atoms with Gasteiger partial charge in [-0.2, -0.15) is 0 Å². The molecule has 0 amide bonds. The van der Waals surface area contributed by atoms with E-state index in [-0.39, 0.29) is 11.3 Å². The summed E-state index contributed by atoms with van der Waals surface area (Å²) < 4.78 is 0. The van der Waals surface area contributed by atoms with Gasteiger partial charge in [0.1, 0.15) is 5.84 Å². The van der Waals surface area contributed by atoms with Crippen LogP contribution in [-0.2, 0) is 0 Å². The van der Waals surface area contributed by atoms with E-state index in [1.165, 1.54) is 5.69 Å². The van der Waals surface area contributed by atoms with Crippen LogP contribution in [0.25, 0.3) is 0 Å². The first kappa shape index (κ1) is 13.6. The molecule has 0 aliphatic heterocycles. The van der Waals surface area contributed by atoms with Gasteiger partial charge in [-0.3, -0.25) is 5.41 Å². The number of hydrogen-bond acceptors (Lipinski definition) is 2. The van der Waals surface area contributed by atoms with Gasteiger partial charge in [0.25, 0.3) is 0 Å². The first-order valence-corrected chi connectivity index (χ1v) is 5.87. The Balaban J connectivity index is 2.96. The summed E-state index contributed by atoms with van der Waals surface area (Å²) in [5.41, 5.74) is 8.89. The maximum absolute atomic E-state index is 7.42. The van der Waals surface area contributed by atoms with Crippen LogP contribution in [0.1, 0.15) is 31.9 Å². The number of benzene rings is 1. The molecule has 0 unspecified atom stereocenters. The molecule has 0 fully saturated rings. The molecule has 0 aromatic heterocycles. The Kier molecular flexibility index (Phi) is 3.81.